The number of carbonyl (C=O) groups excluding carboxylic acids is 1. The van der Waals surface area contributed by atoms with Crippen LogP contribution in [-0.4, -0.2) is 23.1 Å². The van der Waals surface area contributed by atoms with Crippen LogP contribution in [0.5, 0.6) is 0 Å². The number of carbonyl (C=O) groups is 1. The van der Waals surface area contributed by atoms with Gasteiger partial charge in [0.05, 0.1) is 10.6 Å². The Kier molecular flexibility index (Phi) is 5.64. The molecule has 0 spiro atoms. The van der Waals surface area contributed by atoms with Gasteiger partial charge in [0.15, 0.2) is 0 Å². The first-order valence-electron chi connectivity index (χ1n) is 5.92. The molecule has 0 aliphatic carbocycles. The predicted molar refractivity (Wildman–Crippen MR) is 76.2 cm³/mol. The highest BCUT2D eigenvalue weighted by atomic mass is 35.5. The maximum Gasteiger partial charge on any atom is 0.360 e. The van der Waals surface area contributed by atoms with E-state index in [1.807, 2.05) is 27.7 Å². The molecular formula is C13H17ClFNO2S. The summed E-state index contributed by atoms with van der Waals surface area (Å²) in [6.45, 7) is 7.54. The van der Waals surface area contributed by atoms with Crippen molar-refractivity contribution in [3.8, 4) is 0 Å². The molecule has 0 bridgehead atoms. The number of thiol groups is 1. The molecule has 0 saturated heterocycles. The number of hydrogen-bond donors (Lipinski definition) is 1. The van der Waals surface area contributed by atoms with Gasteiger partial charge in [-0.05, 0) is 39.8 Å². The van der Waals surface area contributed by atoms with E-state index in [-0.39, 0.29) is 22.7 Å². The molecule has 0 heterocycles. The average Bonchev–Trinajstić information content (AvgIpc) is 2.29. The maximum atomic E-state index is 13.7. The lowest BCUT2D eigenvalue weighted by molar-refractivity contribution is -0.151. The summed E-state index contributed by atoms with van der Waals surface area (Å²) >= 11 is 9.78. The first kappa shape index (κ1) is 16.3. The molecule has 19 heavy (non-hydrogen) atoms. The van der Waals surface area contributed by atoms with E-state index in [0.29, 0.717) is 4.90 Å². The molecule has 0 radical (unpaired) electrons. The van der Waals surface area contributed by atoms with Crippen LogP contribution in [0.1, 0.15) is 38.1 Å². The zero-order valence-electron chi connectivity index (χ0n) is 11.3. The lowest BCUT2D eigenvalue weighted by Crippen LogP contribution is -2.39. The quantitative estimate of drug-likeness (QED) is 0.674. The molecule has 1 aromatic rings. The normalized spacial score (nSPS) is 11.5. The molecule has 1 rings (SSSR count). The molecule has 1 aromatic carbocycles. The van der Waals surface area contributed by atoms with Crippen molar-refractivity contribution in [3.63, 3.8) is 0 Å². The summed E-state index contributed by atoms with van der Waals surface area (Å²) in [4.78, 5) is 17.5. The molecule has 0 unspecified atom stereocenters. The van der Waals surface area contributed by atoms with Crippen molar-refractivity contribution in [2.75, 3.05) is 0 Å². The fourth-order valence-electron chi connectivity index (χ4n) is 1.65. The van der Waals surface area contributed by atoms with E-state index >= 15 is 0 Å². The van der Waals surface area contributed by atoms with Crippen LogP contribution in [0.3, 0.4) is 0 Å². The molecule has 0 atom stereocenters. The Morgan fingerprint density at radius 2 is 1.84 bits per heavy atom. The van der Waals surface area contributed by atoms with E-state index in [1.165, 1.54) is 11.1 Å². The molecule has 0 aliphatic heterocycles. The van der Waals surface area contributed by atoms with Gasteiger partial charge in [-0.3, -0.25) is 0 Å². The zero-order chi connectivity index (χ0) is 14.7. The fraction of sp³-hybridized carbons (Fsp3) is 0.462. The largest absolute Gasteiger partial charge is 0.363 e. The number of nitrogens with zero attached hydrogens (tertiary/aromatic N) is 1. The lowest BCUT2D eigenvalue weighted by Gasteiger charge is -2.28. The molecular weight excluding hydrogens is 289 g/mol. The minimum atomic E-state index is -0.758. The Morgan fingerprint density at radius 1 is 1.32 bits per heavy atom. The monoisotopic (exact) mass is 305 g/mol. The van der Waals surface area contributed by atoms with Crippen molar-refractivity contribution in [1.82, 2.24) is 5.06 Å². The van der Waals surface area contributed by atoms with E-state index < -0.39 is 11.8 Å². The number of benzene rings is 1. The predicted octanol–water partition coefficient (Wildman–Crippen LogP) is 3.96. The third kappa shape index (κ3) is 4.09. The second-order valence-corrected chi connectivity index (χ2v) is 5.60. The highest BCUT2D eigenvalue weighted by molar-refractivity contribution is 7.80. The van der Waals surface area contributed by atoms with E-state index in [0.717, 1.165) is 6.07 Å². The van der Waals surface area contributed by atoms with Crippen LogP contribution in [0, 0.1) is 5.82 Å². The van der Waals surface area contributed by atoms with Gasteiger partial charge in [0, 0.05) is 17.0 Å². The Morgan fingerprint density at radius 3 is 2.32 bits per heavy atom. The van der Waals surface area contributed by atoms with Crippen LogP contribution in [0.2, 0.25) is 5.02 Å². The van der Waals surface area contributed by atoms with Gasteiger partial charge in [0.1, 0.15) is 5.82 Å². The highest BCUT2D eigenvalue weighted by Gasteiger charge is 2.22. The Balaban J connectivity index is 2.98. The molecule has 0 aliphatic rings. The minimum absolute atomic E-state index is 0.00483. The van der Waals surface area contributed by atoms with Gasteiger partial charge in [-0.1, -0.05) is 11.6 Å². The topological polar surface area (TPSA) is 29.5 Å². The van der Waals surface area contributed by atoms with Crippen LogP contribution in [0.25, 0.3) is 0 Å². The Labute approximate surface area is 123 Å². The van der Waals surface area contributed by atoms with Crippen molar-refractivity contribution in [2.24, 2.45) is 0 Å². The minimum Gasteiger partial charge on any atom is -0.363 e. The standard InChI is InChI=1S/C13H17ClFNO2S/c1-7(2)16(8(3)4)18-13(17)9-5-12(19)10(14)6-11(9)15/h5-8,19H,1-4H3. The molecule has 106 valence electrons. The third-order valence-corrected chi connectivity index (χ3v) is 3.28. The lowest BCUT2D eigenvalue weighted by atomic mass is 10.2. The Hall–Kier alpha value is -0.780. The van der Waals surface area contributed by atoms with Gasteiger partial charge >= 0.3 is 5.97 Å². The smallest absolute Gasteiger partial charge is 0.360 e. The van der Waals surface area contributed by atoms with Crippen LogP contribution in [0.15, 0.2) is 17.0 Å². The van der Waals surface area contributed by atoms with E-state index in [2.05, 4.69) is 12.6 Å². The second-order valence-electron chi connectivity index (χ2n) is 4.71. The van der Waals surface area contributed by atoms with E-state index in [1.54, 1.807) is 0 Å². The van der Waals surface area contributed by atoms with Gasteiger partial charge in [0.2, 0.25) is 0 Å². The maximum absolute atomic E-state index is 13.7. The summed E-state index contributed by atoms with van der Waals surface area (Å²) in [7, 11) is 0. The summed E-state index contributed by atoms with van der Waals surface area (Å²) in [5, 5.41) is 1.66. The number of halogens is 2. The van der Waals surface area contributed by atoms with Crippen molar-refractivity contribution >= 4 is 30.2 Å². The third-order valence-electron chi connectivity index (χ3n) is 2.46. The van der Waals surface area contributed by atoms with E-state index in [4.69, 9.17) is 16.4 Å². The van der Waals surface area contributed by atoms with Crippen molar-refractivity contribution in [1.29, 1.82) is 0 Å². The second kappa shape index (κ2) is 6.59. The summed E-state index contributed by atoms with van der Waals surface area (Å²) in [5.74, 6) is -1.48. The first-order chi connectivity index (χ1) is 8.73. The van der Waals surface area contributed by atoms with Crippen molar-refractivity contribution in [3.05, 3.63) is 28.5 Å². The molecule has 0 aromatic heterocycles. The highest BCUT2D eigenvalue weighted by Crippen LogP contribution is 2.24. The summed E-state index contributed by atoms with van der Waals surface area (Å²) < 4.78 is 13.7. The molecule has 0 fully saturated rings. The number of rotatable bonds is 4. The molecule has 0 N–H and O–H groups in total. The Bertz CT molecular complexity index is 472. The summed E-state index contributed by atoms with van der Waals surface area (Å²) in [5.41, 5.74) is -0.180. The molecule has 0 amide bonds. The number of hydroxylamine groups is 2. The number of hydrogen-bond acceptors (Lipinski definition) is 4. The average molecular weight is 306 g/mol. The van der Waals surface area contributed by atoms with Gasteiger partial charge in [-0.25, -0.2) is 9.18 Å². The van der Waals surface area contributed by atoms with Gasteiger partial charge < -0.3 is 4.84 Å². The SMILES string of the molecule is CC(C)N(OC(=O)c1cc(S)c(Cl)cc1F)C(C)C. The van der Waals surface area contributed by atoms with Gasteiger partial charge in [-0.15, -0.1) is 17.7 Å². The molecule has 0 saturated carbocycles. The molecule has 3 nitrogen and oxygen atoms in total. The van der Waals surface area contributed by atoms with Crippen LogP contribution >= 0.6 is 24.2 Å². The fourth-order valence-corrected chi connectivity index (χ4v) is 1.99. The van der Waals surface area contributed by atoms with Gasteiger partial charge in [-0.2, -0.15) is 0 Å². The summed E-state index contributed by atoms with van der Waals surface area (Å²) in [6.07, 6.45) is 0. The van der Waals surface area contributed by atoms with Crippen LogP contribution in [0.4, 0.5) is 4.39 Å². The van der Waals surface area contributed by atoms with Crippen molar-refractivity contribution < 1.29 is 14.0 Å². The van der Waals surface area contributed by atoms with Crippen LogP contribution < -0.4 is 0 Å². The summed E-state index contributed by atoms with van der Waals surface area (Å²) in [6, 6.07) is 2.31. The van der Waals surface area contributed by atoms with E-state index in [9.17, 15) is 9.18 Å². The zero-order valence-corrected chi connectivity index (χ0v) is 12.9. The first-order valence-corrected chi connectivity index (χ1v) is 6.75. The van der Waals surface area contributed by atoms with Crippen molar-refractivity contribution in [2.45, 2.75) is 44.7 Å². The molecule has 6 heteroatoms. The van der Waals surface area contributed by atoms with Gasteiger partial charge in [0.25, 0.3) is 0 Å². The van der Waals surface area contributed by atoms with Crippen LogP contribution in [-0.2, 0) is 4.84 Å².